The molecule has 1 aromatic heterocycles. The molecule has 1 saturated heterocycles. The third kappa shape index (κ3) is 5.51. The highest BCUT2D eigenvalue weighted by molar-refractivity contribution is 5.61. The first kappa shape index (κ1) is 21.6. The van der Waals surface area contributed by atoms with Crippen LogP contribution in [0.1, 0.15) is 29.9 Å². The minimum absolute atomic E-state index is 0.000377. The van der Waals surface area contributed by atoms with Crippen molar-refractivity contribution in [3.8, 4) is 11.9 Å². The zero-order valence-corrected chi connectivity index (χ0v) is 16.2. The van der Waals surface area contributed by atoms with Crippen molar-refractivity contribution in [1.29, 1.82) is 5.26 Å². The van der Waals surface area contributed by atoms with E-state index >= 15 is 0 Å². The summed E-state index contributed by atoms with van der Waals surface area (Å²) in [4.78, 5) is 10.1. The van der Waals surface area contributed by atoms with E-state index in [1.807, 2.05) is 29.2 Å². The fourth-order valence-electron chi connectivity index (χ4n) is 3.41. The van der Waals surface area contributed by atoms with Gasteiger partial charge in [0.2, 0.25) is 11.8 Å². The summed E-state index contributed by atoms with van der Waals surface area (Å²) in [6, 6.07) is 12.0. The van der Waals surface area contributed by atoms with Crippen LogP contribution < -0.4 is 15.0 Å². The molecule has 2 heterocycles. The Hall–Kier alpha value is -3.06. The summed E-state index contributed by atoms with van der Waals surface area (Å²) in [6.45, 7) is -0.486. The van der Waals surface area contributed by atoms with Gasteiger partial charge < -0.3 is 20.1 Å². The quantitative estimate of drug-likeness (QED) is 0.710. The SMILES string of the molecule is N#Cc1c(OCC(F)(F)F)nc(NCCO)nc1N1CCC(c2ccccc2)CC1. The number of anilines is 2. The number of aliphatic hydroxyl groups excluding tert-OH is 1. The van der Waals surface area contributed by atoms with Gasteiger partial charge in [0.1, 0.15) is 6.07 Å². The smallest absolute Gasteiger partial charge is 0.422 e. The average molecular weight is 421 g/mol. The second-order valence-corrected chi connectivity index (χ2v) is 6.89. The maximum Gasteiger partial charge on any atom is 0.422 e. The monoisotopic (exact) mass is 421 g/mol. The van der Waals surface area contributed by atoms with Gasteiger partial charge in [-0.1, -0.05) is 30.3 Å². The van der Waals surface area contributed by atoms with Crippen molar-refractivity contribution < 1.29 is 23.0 Å². The van der Waals surface area contributed by atoms with E-state index in [4.69, 9.17) is 9.84 Å². The van der Waals surface area contributed by atoms with E-state index < -0.39 is 18.7 Å². The van der Waals surface area contributed by atoms with Gasteiger partial charge >= 0.3 is 6.18 Å². The Morgan fingerprint density at radius 1 is 1.20 bits per heavy atom. The van der Waals surface area contributed by atoms with Gasteiger partial charge in [-0.05, 0) is 24.3 Å². The summed E-state index contributed by atoms with van der Waals surface area (Å²) in [5.74, 6) is 0.172. The number of aliphatic hydroxyl groups is 1. The average Bonchev–Trinajstić information content (AvgIpc) is 2.76. The predicted octanol–water partition coefficient (Wildman–Crippen LogP) is 3.08. The minimum atomic E-state index is -4.56. The Bertz CT molecular complexity index is 878. The van der Waals surface area contributed by atoms with E-state index in [1.54, 1.807) is 0 Å². The molecule has 0 atom stereocenters. The molecule has 0 amide bonds. The van der Waals surface area contributed by atoms with Gasteiger partial charge in [0.25, 0.3) is 0 Å². The van der Waals surface area contributed by atoms with Crippen LogP contribution in [-0.4, -0.2) is 54.1 Å². The molecule has 2 aromatic rings. The first-order chi connectivity index (χ1) is 14.4. The molecule has 0 unspecified atom stereocenters. The predicted molar refractivity (Wildman–Crippen MR) is 105 cm³/mol. The normalized spacial score (nSPS) is 15.0. The van der Waals surface area contributed by atoms with Crippen LogP contribution in [0.15, 0.2) is 30.3 Å². The van der Waals surface area contributed by atoms with Gasteiger partial charge in [-0.15, -0.1) is 0 Å². The first-order valence-corrected chi connectivity index (χ1v) is 9.57. The molecular weight excluding hydrogens is 399 g/mol. The summed E-state index contributed by atoms with van der Waals surface area (Å²) in [5, 5.41) is 21.3. The third-order valence-corrected chi connectivity index (χ3v) is 4.80. The van der Waals surface area contributed by atoms with Crippen LogP contribution in [0.5, 0.6) is 5.88 Å². The Labute approximate surface area is 172 Å². The molecule has 0 saturated carbocycles. The fourth-order valence-corrected chi connectivity index (χ4v) is 3.41. The lowest BCUT2D eigenvalue weighted by atomic mass is 9.89. The summed E-state index contributed by atoms with van der Waals surface area (Å²) >= 11 is 0. The lowest BCUT2D eigenvalue weighted by Crippen LogP contribution is -2.34. The highest BCUT2D eigenvalue weighted by atomic mass is 19.4. The third-order valence-electron chi connectivity index (χ3n) is 4.80. The molecule has 7 nitrogen and oxygen atoms in total. The van der Waals surface area contributed by atoms with Crippen LogP contribution in [0, 0.1) is 11.3 Å². The van der Waals surface area contributed by atoms with E-state index in [1.165, 1.54) is 5.56 Å². The van der Waals surface area contributed by atoms with Crippen LogP contribution in [0.3, 0.4) is 0 Å². The van der Waals surface area contributed by atoms with E-state index in [0.717, 1.165) is 12.8 Å². The summed E-state index contributed by atoms with van der Waals surface area (Å²) in [6.07, 6.45) is -2.93. The van der Waals surface area contributed by atoms with Crippen LogP contribution in [-0.2, 0) is 0 Å². The van der Waals surface area contributed by atoms with E-state index in [-0.39, 0.29) is 30.5 Å². The van der Waals surface area contributed by atoms with Gasteiger partial charge in [0.05, 0.1) is 6.61 Å². The van der Waals surface area contributed by atoms with Gasteiger partial charge in [-0.25, -0.2) is 0 Å². The number of alkyl halides is 3. The number of piperidine rings is 1. The fraction of sp³-hybridized carbons (Fsp3) is 0.450. The molecule has 10 heteroatoms. The number of aromatic nitrogens is 2. The Morgan fingerprint density at radius 3 is 2.50 bits per heavy atom. The van der Waals surface area contributed by atoms with Crippen LogP contribution >= 0.6 is 0 Å². The number of ether oxygens (including phenoxy) is 1. The molecule has 0 radical (unpaired) electrons. The molecule has 1 aliphatic rings. The second-order valence-electron chi connectivity index (χ2n) is 6.89. The van der Waals surface area contributed by atoms with E-state index in [2.05, 4.69) is 27.4 Å². The van der Waals surface area contributed by atoms with Crippen LogP contribution in [0.25, 0.3) is 0 Å². The van der Waals surface area contributed by atoms with Crippen LogP contribution in [0.2, 0.25) is 0 Å². The number of nitrogens with one attached hydrogen (secondary N) is 1. The van der Waals surface area contributed by atoms with Gasteiger partial charge in [-0.3, -0.25) is 0 Å². The Morgan fingerprint density at radius 2 is 1.90 bits per heavy atom. The highest BCUT2D eigenvalue weighted by Crippen LogP contribution is 2.34. The summed E-state index contributed by atoms with van der Waals surface area (Å²) in [5.41, 5.74) is 1.10. The van der Waals surface area contributed by atoms with Crippen molar-refractivity contribution in [3.05, 3.63) is 41.5 Å². The first-order valence-electron chi connectivity index (χ1n) is 9.57. The van der Waals surface area contributed by atoms with Crippen molar-refractivity contribution >= 4 is 11.8 Å². The summed E-state index contributed by atoms with van der Waals surface area (Å²) < 4.78 is 42.7. The molecule has 0 spiro atoms. The molecule has 2 N–H and O–H groups in total. The lowest BCUT2D eigenvalue weighted by molar-refractivity contribution is -0.154. The maximum absolute atomic E-state index is 12.6. The molecule has 0 bridgehead atoms. The number of rotatable bonds is 7. The number of nitriles is 1. The largest absolute Gasteiger partial charge is 0.467 e. The van der Waals surface area contributed by atoms with Gasteiger partial charge in [0.15, 0.2) is 18.0 Å². The Kier molecular flexibility index (Phi) is 6.95. The number of halogens is 3. The van der Waals surface area contributed by atoms with Crippen molar-refractivity contribution in [3.63, 3.8) is 0 Å². The topological polar surface area (TPSA) is 94.3 Å². The zero-order chi connectivity index (χ0) is 21.6. The Balaban J connectivity index is 1.84. The lowest BCUT2D eigenvalue weighted by Gasteiger charge is -2.33. The van der Waals surface area contributed by atoms with Crippen LogP contribution in [0.4, 0.5) is 24.9 Å². The zero-order valence-electron chi connectivity index (χ0n) is 16.2. The number of nitrogens with zero attached hydrogens (tertiary/aromatic N) is 4. The maximum atomic E-state index is 12.6. The van der Waals surface area contributed by atoms with E-state index in [9.17, 15) is 18.4 Å². The number of hydrogen-bond donors (Lipinski definition) is 2. The number of hydrogen-bond acceptors (Lipinski definition) is 7. The molecule has 1 fully saturated rings. The van der Waals surface area contributed by atoms with Gasteiger partial charge in [0, 0.05) is 19.6 Å². The molecule has 1 aromatic carbocycles. The highest BCUT2D eigenvalue weighted by Gasteiger charge is 2.31. The van der Waals surface area contributed by atoms with Crippen molar-refractivity contribution in [2.45, 2.75) is 24.9 Å². The van der Waals surface area contributed by atoms with Crippen molar-refractivity contribution in [2.75, 3.05) is 43.1 Å². The second kappa shape index (κ2) is 9.63. The molecule has 3 rings (SSSR count). The summed E-state index contributed by atoms with van der Waals surface area (Å²) in [7, 11) is 0. The molecule has 30 heavy (non-hydrogen) atoms. The van der Waals surface area contributed by atoms with Crippen molar-refractivity contribution in [1.82, 2.24) is 9.97 Å². The minimum Gasteiger partial charge on any atom is -0.467 e. The number of benzene rings is 1. The molecular formula is C20H22F3N5O2. The molecule has 1 aliphatic heterocycles. The van der Waals surface area contributed by atoms with E-state index in [0.29, 0.717) is 19.0 Å². The standard InChI is InChI=1S/C20H22F3N5O2/c21-20(22,23)13-30-18-16(12-24)17(26-19(27-18)25-8-11-29)28-9-6-15(7-10-28)14-4-2-1-3-5-14/h1-5,15,29H,6-11,13H2,(H,25,26,27). The molecule has 160 valence electrons. The molecule has 0 aliphatic carbocycles. The van der Waals surface area contributed by atoms with Crippen molar-refractivity contribution in [2.24, 2.45) is 0 Å². The van der Waals surface area contributed by atoms with Gasteiger partial charge in [-0.2, -0.15) is 28.4 Å².